The molecule has 1 aromatic rings. The molecule has 77 valence electrons. The van der Waals surface area contributed by atoms with Crippen molar-refractivity contribution in [1.82, 2.24) is 0 Å². The van der Waals surface area contributed by atoms with Gasteiger partial charge in [0.2, 0.25) is 0 Å². The van der Waals surface area contributed by atoms with Gasteiger partial charge in [0, 0.05) is 32.7 Å². The minimum atomic E-state index is 0. The van der Waals surface area contributed by atoms with Gasteiger partial charge in [-0.25, -0.2) is 0 Å². The molecule has 0 atom stereocenters. The summed E-state index contributed by atoms with van der Waals surface area (Å²) in [5.41, 5.74) is 0. The third-order valence-electron chi connectivity index (χ3n) is 1.61. The molecule has 1 N–H and O–H groups in total. The summed E-state index contributed by atoms with van der Waals surface area (Å²) in [6, 6.07) is 8.71. The molecule has 0 saturated heterocycles. The Morgan fingerprint density at radius 1 is 1.14 bits per heavy atom. The van der Waals surface area contributed by atoms with Crippen molar-refractivity contribution >= 4 is 0 Å². The zero-order valence-electron chi connectivity index (χ0n) is 8.95. The van der Waals surface area contributed by atoms with Gasteiger partial charge in [-0.3, -0.25) is 0 Å². The summed E-state index contributed by atoms with van der Waals surface area (Å²) in [6.07, 6.45) is 5.07. The van der Waals surface area contributed by atoms with Gasteiger partial charge in [0.05, 0.1) is 0 Å². The Labute approximate surface area is 113 Å². The molecule has 1 aromatic carbocycles. The fraction of sp³-hybridized carbons (Fsp3) is 0.417. The van der Waals surface area contributed by atoms with Crippen LogP contribution in [0.1, 0.15) is 32.6 Å². The molecule has 0 amide bonds. The van der Waals surface area contributed by atoms with Crippen molar-refractivity contribution in [2.75, 3.05) is 0 Å². The van der Waals surface area contributed by atoms with E-state index < -0.39 is 0 Å². The first-order chi connectivity index (χ1) is 6.31. The van der Waals surface area contributed by atoms with E-state index in [1.807, 2.05) is 6.07 Å². The molecule has 14 heavy (non-hydrogen) atoms. The molecule has 0 aliphatic heterocycles. The molecule has 0 aliphatic rings. The van der Waals surface area contributed by atoms with Crippen LogP contribution in [0.25, 0.3) is 0 Å². The number of rotatable bonds is 3. The number of benzene rings is 1. The van der Waals surface area contributed by atoms with E-state index in [0.29, 0.717) is 5.75 Å². The average Bonchev–Trinajstić information content (AvgIpc) is 2.17. The molecule has 2 heteroatoms. The van der Waals surface area contributed by atoms with Gasteiger partial charge in [-0.1, -0.05) is 44.4 Å². The van der Waals surface area contributed by atoms with Crippen LogP contribution in [-0.2, 0) is 32.7 Å². The first-order valence-corrected chi connectivity index (χ1v) is 4.84. The van der Waals surface area contributed by atoms with Crippen molar-refractivity contribution < 1.29 is 37.8 Å². The Balaban J connectivity index is 0. The molecule has 0 saturated carbocycles. The summed E-state index contributed by atoms with van der Waals surface area (Å²) >= 11 is 0. The third-order valence-corrected chi connectivity index (χ3v) is 1.61. The van der Waals surface area contributed by atoms with E-state index in [4.69, 9.17) is 5.11 Å². The van der Waals surface area contributed by atoms with Gasteiger partial charge in [0.1, 0.15) is 5.75 Å². The van der Waals surface area contributed by atoms with E-state index in [2.05, 4.69) is 13.8 Å². The van der Waals surface area contributed by atoms with E-state index in [9.17, 15) is 0 Å². The maximum atomic E-state index is 8.63. The van der Waals surface area contributed by atoms with Crippen LogP contribution in [0.2, 0.25) is 0 Å². The minimum absolute atomic E-state index is 0. The summed E-state index contributed by atoms with van der Waals surface area (Å²) in [6.45, 7) is 5.93. The fourth-order valence-corrected chi connectivity index (χ4v) is 0.855. The van der Waals surface area contributed by atoms with Gasteiger partial charge in [0.25, 0.3) is 0 Å². The average molecular weight is 268 g/mol. The van der Waals surface area contributed by atoms with Crippen molar-refractivity contribution in [2.45, 2.75) is 32.6 Å². The molecule has 0 unspecified atom stereocenters. The van der Waals surface area contributed by atoms with Crippen LogP contribution in [0.3, 0.4) is 0 Å². The van der Waals surface area contributed by atoms with Gasteiger partial charge in [-0.2, -0.15) is 6.42 Å². The van der Waals surface area contributed by atoms with E-state index in [1.165, 1.54) is 19.3 Å². The number of phenols is 1. The second-order valence-electron chi connectivity index (χ2n) is 2.90. The molecular formula is C12H19OY-. The smallest absolute Gasteiger partial charge is 0.115 e. The Kier molecular flexibility index (Phi) is 15.5. The van der Waals surface area contributed by atoms with Gasteiger partial charge < -0.3 is 12.0 Å². The molecule has 1 radical (unpaired) electrons. The number of phenolic OH excluding ortho intramolecular Hbond substituents is 1. The monoisotopic (exact) mass is 268 g/mol. The van der Waals surface area contributed by atoms with Crippen LogP contribution >= 0.6 is 0 Å². The molecule has 0 spiro atoms. The van der Waals surface area contributed by atoms with Gasteiger partial charge >= 0.3 is 0 Å². The van der Waals surface area contributed by atoms with Crippen LogP contribution in [0.15, 0.2) is 30.3 Å². The first-order valence-electron chi connectivity index (χ1n) is 4.84. The van der Waals surface area contributed by atoms with E-state index >= 15 is 0 Å². The van der Waals surface area contributed by atoms with Gasteiger partial charge in [0.15, 0.2) is 0 Å². The van der Waals surface area contributed by atoms with Crippen molar-refractivity contribution in [1.29, 1.82) is 0 Å². The fourth-order valence-electron chi connectivity index (χ4n) is 0.855. The molecule has 0 heterocycles. The van der Waals surface area contributed by atoms with Crippen LogP contribution in [0.5, 0.6) is 5.75 Å². The molecular weight excluding hydrogens is 249 g/mol. The zero-order chi connectivity index (χ0) is 9.94. The predicted octanol–water partition coefficient (Wildman–Crippen LogP) is 3.79. The summed E-state index contributed by atoms with van der Waals surface area (Å²) in [5, 5.41) is 8.63. The van der Waals surface area contributed by atoms with E-state index in [1.54, 1.807) is 24.3 Å². The second-order valence-corrected chi connectivity index (χ2v) is 2.90. The van der Waals surface area contributed by atoms with Crippen LogP contribution in [-0.4, -0.2) is 5.11 Å². The molecule has 0 fully saturated rings. The Bertz CT molecular complexity index is 183. The van der Waals surface area contributed by atoms with Crippen LogP contribution in [0.4, 0.5) is 0 Å². The number of hydrogen-bond donors (Lipinski definition) is 1. The maximum Gasteiger partial charge on any atom is 0.115 e. The van der Waals surface area contributed by atoms with Crippen molar-refractivity contribution in [3.63, 3.8) is 0 Å². The Hall–Kier alpha value is 0.124. The number of unbranched alkanes of at least 4 members (excludes halogenated alkanes) is 3. The summed E-state index contributed by atoms with van der Waals surface area (Å²) in [4.78, 5) is 0. The number of hydrogen-bond acceptors (Lipinski definition) is 1. The van der Waals surface area contributed by atoms with Crippen molar-refractivity contribution in [2.24, 2.45) is 0 Å². The topological polar surface area (TPSA) is 20.2 Å². The van der Waals surface area contributed by atoms with E-state index in [-0.39, 0.29) is 32.7 Å². The molecule has 0 bridgehead atoms. The standard InChI is InChI=1S/C6H6O.C6H13.Y/c7-6-4-2-1-3-5-6;1-3-5-6-4-2;/h1-5,7H;1,3-6H2,2H3;/q;-1;. The molecule has 1 nitrogen and oxygen atoms in total. The van der Waals surface area contributed by atoms with Gasteiger partial charge in [-0.15, -0.1) is 0 Å². The predicted molar refractivity (Wildman–Crippen MR) is 57.6 cm³/mol. The zero-order valence-corrected chi connectivity index (χ0v) is 11.8. The normalized spacial score (nSPS) is 8.14. The Morgan fingerprint density at radius 2 is 1.71 bits per heavy atom. The summed E-state index contributed by atoms with van der Waals surface area (Å²) in [7, 11) is 0. The Morgan fingerprint density at radius 3 is 1.93 bits per heavy atom. The van der Waals surface area contributed by atoms with Crippen LogP contribution < -0.4 is 0 Å². The number of para-hydroxylation sites is 1. The molecule has 0 aromatic heterocycles. The first kappa shape index (κ1) is 16.5. The van der Waals surface area contributed by atoms with E-state index in [0.717, 1.165) is 6.42 Å². The van der Waals surface area contributed by atoms with Gasteiger partial charge in [-0.05, 0) is 12.1 Å². The molecule has 0 aliphatic carbocycles. The van der Waals surface area contributed by atoms with Crippen LogP contribution in [0, 0.1) is 6.92 Å². The summed E-state index contributed by atoms with van der Waals surface area (Å²) in [5.74, 6) is 0.322. The number of aromatic hydroxyl groups is 1. The SMILES string of the molecule is Oc1ccccc1.[CH2-]CCCCC.[Y]. The molecule has 1 rings (SSSR count). The van der Waals surface area contributed by atoms with Crippen molar-refractivity contribution in [3.8, 4) is 5.75 Å². The second kappa shape index (κ2) is 13.1. The quantitative estimate of drug-likeness (QED) is 0.653. The minimum Gasteiger partial charge on any atom is -0.508 e. The van der Waals surface area contributed by atoms with Crippen molar-refractivity contribution in [3.05, 3.63) is 37.3 Å². The summed E-state index contributed by atoms with van der Waals surface area (Å²) < 4.78 is 0. The largest absolute Gasteiger partial charge is 0.508 e. The third kappa shape index (κ3) is 12.1. The maximum absolute atomic E-state index is 8.63.